The fourth-order valence-electron chi connectivity index (χ4n) is 3.04. The van der Waals surface area contributed by atoms with Crippen LogP contribution >= 0.6 is 15.9 Å². The predicted molar refractivity (Wildman–Crippen MR) is 133 cm³/mol. The maximum atomic E-state index is 12.6. The molecule has 0 aliphatic heterocycles. The molecule has 0 aromatic heterocycles. The first-order valence-corrected chi connectivity index (χ1v) is 11.4. The number of hydrazone groups is 1. The second-order valence-corrected chi connectivity index (χ2v) is 8.61. The van der Waals surface area contributed by atoms with Gasteiger partial charge in [-0.2, -0.15) is 5.10 Å². The Morgan fingerprint density at radius 1 is 1.00 bits per heavy atom. The van der Waals surface area contributed by atoms with E-state index >= 15 is 0 Å². The van der Waals surface area contributed by atoms with E-state index in [4.69, 9.17) is 4.74 Å². The number of ether oxygens (including phenoxy) is 1. The molecule has 0 aliphatic carbocycles. The van der Waals surface area contributed by atoms with E-state index in [1.165, 1.54) is 0 Å². The van der Waals surface area contributed by atoms with Gasteiger partial charge in [-0.25, -0.2) is 5.43 Å². The van der Waals surface area contributed by atoms with Crippen molar-refractivity contribution in [1.82, 2.24) is 10.7 Å². The van der Waals surface area contributed by atoms with E-state index in [0.29, 0.717) is 17.9 Å². The van der Waals surface area contributed by atoms with E-state index in [1.807, 2.05) is 68.4 Å². The van der Waals surface area contributed by atoms with Gasteiger partial charge in [0.15, 0.2) is 0 Å². The summed E-state index contributed by atoms with van der Waals surface area (Å²) in [5, 5.41) is 6.83. The highest BCUT2D eigenvalue weighted by Gasteiger charge is 2.24. The zero-order valence-corrected chi connectivity index (χ0v) is 20.1. The Morgan fingerprint density at radius 3 is 2.30 bits per heavy atom. The summed E-state index contributed by atoms with van der Waals surface area (Å²) in [6, 6.07) is 23.5. The Kier molecular flexibility index (Phi) is 8.78. The monoisotopic (exact) mass is 507 g/mol. The normalized spacial score (nSPS) is 11.9. The molecule has 0 spiro atoms. The number of nitrogens with zero attached hydrogens (tertiary/aromatic N) is 1. The van der Waals surface area contributed by atoms with Gasteiger partial charge in [0.25, 0.3) is 11.8 Å². The Hall–Kier alpha value is -3.45. The summed E-state index contributed by atoms with van der Waals surface area (Å²) in [7, 11) is 0. The molecule has 1 atom stereocenters. The van der Waals surface area contributed by atoms with Crippen molar-refractivity contribution in [3.63, 3.8) is 0 Å². The summed E-state index contributed by atoms with van der Waals surface area (Å²) in [5.74, 6) is -0.0811. The first-order valence-electron chi connectivity index (χ1n) is 10.6. The van der Waals surface area contributed by atoms with Gasteiger partial charge in [0.2, 0.25) is 0 Å². The SMILES string of the molecule is CC(C)C(NC(=O)c1ccccc1)C(=O)N/N=C/c1ccc(OCc2ccccc2)c(Br)c1. The van der Waals surface area contributed by atoms with Gasteiger partial charge in [-0.15, -0.1) is 0 Å². The van der Waals surface area contributed by atoms with E-state index in [-0.39, 0.29) is 17.7 Å². The quantitative estimate of drug-likeness (QED) is 0.318. The van der Waals surface area contributed by atoms with Crippen molar-refractivity contribution in [1.29, 1.82) is 0 Å². The van der Waals surface area contributed by atoms with E-state index in [9.17, 15) is 9.59 Å². The molecule has 0 saturated heterocycles. The molecule has 7 heteroatoms. The number of nitrogens with one attached hydrogen (secondary N) is 2. The number of benzene rings is 3. The van der Waals surface area contributed by atoms with E-state index < -0.39 is 6.04 Å². The predicted octanol–water partition coefficient (Wildman–Crippen LogP) is 4.93. The standard InChI is InChI=1S/C26H26BrN3O3/c1-18(2)24(29-25(31)21-11-7-4-8-12-21)26(32)30-28-16-20-13-14-23(22(27)15-20)33-17-19-9-5-3-6-10-19/h3-16,18,24H,17H2,1-2H3,(H,29,31)(H,30,32)/b28-16+. The lowest BCUT2D eigenvalue weighted by Crippen LogP contribution is -2.48. The molecule has 0 heterocycles. The third-order valence-electron chi connectivity index (χ3n) is 4.85. The van der Waals surface area contributed by atoms with Crippen LogP contribution in [0.15, 0.2) is 88.4 Å². The van der Waals surface area contributed by atoms with Crippen molar-refractivity contribution in [3.05, 3.63) is 100 Å². The molecule has 1 unspecified atom stereocenters. The molecule has 6 nitrogen and oxygen atoms in total. The van der Waals surface area contributed by atoms with Crippen LogP contribution in [0.25, 0.3) is 0 Å². The van der Waals surface area contributed by atoms with E-state index in [2.05, 4.69) is 31.8 Å². The van der Waals surface area contributed by atoms with Crippen LogP contribution in [0.3, 0.4) is 0 Å². The lowest BCUT2D eigenvalue weighted by Gasteiger charge is -2.20. The Labute approximate surface area is 202 Å². The van der Waals surface area contributed by atoms with Crippen LogP contribution in [0.2, 0.25) is 0 Å². The molecule has 170 valence electrons. The Morgan fingerprint density at radius 2 is 1.67 bits per heavy atom. The largest absolute Gasteiger partial charge is 0.488 e. The Balaban J connectivity index is 1.56. The molecule has 3 rings (SSSR count). The molecular formula is C26H26BrN3O3. The van der Waals surface area contributed by atoms with Gasteiger partial charge in [-0.05, 0) is 63.3 Å². The molecule has 0 bridgehead atoms. The summed E-state index contributed by atoms with van der Waals surface area (Å²) in [6.07, 6.45) is 1.54. The summed E-state index contributed by atoms with van der Waals surface area (Å²) in [6.45, 7) is 4.20. The van der Waals surface area contributed by atoms with Crippen LogP contribution in [0.4, 0.5) is 0 Å². The van der Waals surface area contributed by atoms with Crippen molar-refractivity contribution in [2.45, 2.75) is 26.5 Å². The van der Waals surface area contributed by atoms with Gasteiger partial charge in [0.05, 0.1) is 10.7 Å². The fraction of sp³-hybridized carbons (Fsp3) is 0.192. The lowest BCUT2D eigenvalue weighted by molar-refractivity contribution is -0.123. The number of halogens is 1. The number of hydrogen-bond donors (Lipinski definition) is 2. The summed E-state index contributed by atoms with van der Waals surface area (Å²) in [5.41, 5.74) is 4.88. The number of rotatable bonds is 9. The van der Waals surface area contributed by atoms with Crippen molar-refractivity contribution in [3.8, 4) is 5.75 Å². The summed E-state index contributed by atoms with van der Waals surface area (Å²) < 4.78 is 6.63. The fourth-order valence-corrected chi connectivity index (χ4v) is 3.55. The van der Waals surface area contributed by atoms with Crippen molar-refractivity contribution in [2.75, 3.05) is 0 Å². The zero-order valence-electron chi connectivity index (χ0n) is 18.5. The summed E-state index contributed by atoms with van der Waals surface area (Å²) in [4.78, 5) is 25.0. The van der Waals surface area contributed by atoms with Crippen molar-refractivity contribution < 1.29 is 14.3 Å². The molecule has 2 amide bonds. The van der Waals surface area contributed by atoms with Gasteiger partial charge < -0.3 is 10.1 Å². The van der Waals surface area contributed by atoms with Gasteiger partial charge in [0.1, 0.15) is 18.4 Å². The highest BCUT2D eigenvalue weighted by molar-refractivity contribution is 9.10. The van der Waals surface area contributed by atoms with E-state index in [1.54, 1.807) is 30.5 Å². The number of hydrogen-bond acceptors (Lipinski definition) is 4. The minimum absolute atomic E-state index is 0.108. The molecule has 0 saturated carbocycles. The maximum absolute atomic E-state index is 12.6. The number of amides is 2. The van der Waals surface area contributed by atoms with Crippen LogP contribution in [0.5, 0.6) is 5.75 Å². The van der Waals surface area contributed by atoms with Crippen LogP contribution in [0.1, 0.15) is 35.3 Å². The second kappa shape index (κ2) is 12.0. The molecule has 2 N–H and O–H groups in total. The Bertz CT molecular complexity index is 1100. The van der Waals surface area contributed by atoms with Crippen LogP contribution in [-0.4, -0.2) is 24.1 Å². The van der Waals surface area contributed by atoms with E-state index in [0.717, 1.165) is 15.6 Å². The minimum Gasteiger partial charge on any atom is -0.488 e. The average Bonchev–Trinajstić information content (AvgIpc) is 2.82. The molecule has 0 aliphatic rings. The third-order valence-corrected chi connectivity index (χ3v) is 5.47. The van der Waals surface area contributed by atoms with Crippen molar-refractivity contribution in [2.24, 2.45) is 11.0 Å². The van der Waals surface area contributed by atoms with Crippen LogP contribution in [0, 0.1) is 5.92 Å². The van der Waals surface area contributed by atoms with Crippen LogP contribution < -0.4 is 15.5 Å². The minimum atomic E-state index is -0.713. The molecular weight excluding hydrogens is 482 g/mol. The summed E-state index contributed by atoms with van der Waals surface area (Å²) >= 11 is 3.51. The van der Waals surface area contributed by atoms with Gasteiger partial charge in [-0.1, -0.05) is 62.4 Å². The molecule has 3 aromatic carbocycles. The van der Waals surface area contributed by atoms with Gasteiger partial charge in [0, 0.05) is 5.56 Å². The molecule has 3 aromatic rings. The topological polar surface area (TPSA) is 79.8 Å². The van der Waals surface area contributed by atoms with Gasteiger partial charge in [-0.3, -0.25) is 9.59 Å². The zero-order chi connectivity index (χ0) is 23.6. The van der Waals surface area contributed by atoms with Crippen molar-refractivity contribution >= 4 is 34.0 Å². The third kappa shape index (κ3) is 7.29. The molecule has 0 fully saturated rings. The second-order valence-electron chi connectivity index (χ2n) is 7.76. The first-order chi connectivity index (χ1) is 15.9. The van der Waals surface area contributed by atoms with Gasteiger partial charge >= 0.3 is 0 Å². The number of carbonyl (C=O) groups excluding carboxylic acids is 2. The maximum Gasteiger partial charge on any atom is 0.262 e. The smallest absolute Gasteiger partial charge is 0.262 e. The molecule has 33 heavy (non-hydrogen) atoms. The first kappa shape index (κ1) is 24.2. The lowest BCUT2D eigenvalue weighted by atomic mass is 10.0. The highest BCUT2D eigenvalue weighted by Crippen LogP contribution is 2.26. The average molecular weight is 508 g/mol. The van der Waals surface area contributed by atoms with Crippen LogP contribution in [-0.2, 0) is 11.4 Å². The molecule has 0 radical (unpaired) electrons. The number of carbonyl (C=O) groups is 2. The highest BCUT2D eigenvalue weighted by atomic mass is 79.9.